The maximum Gasteiger partial charge on any atom is 0.243 e. The maximum absolute atomic E-state index is 14.0. The number of ether oxygens (including phenoxy) is 5. The molecule has 3 aromatic carbocycles. The number of carbonyl (C=O) groups is 4. The van der Waals surface area contributed by atoms with Crippen LogP contribution in [0.3, 0.4) is 0 Å². The molecule has 0 radical (unpaired) electrons. The molecule has 87 heavy (non-hydrogen) atoms. The molecule has 2 fully saturated rings. The Hall–Kier alpha value is -7.34. The number of anilines is 1. The van der Waals surface area contributed by atoms with Crippen molar-refractivity contribution in [3.8, 4) is 38.8 Å². The molecule has 7 aromatic rings. The van der Waals surface area contributed by atoms with Gasteiger partial charge in [-0.3, -0.25) is 23.7 Å². The van der Waals surface area contributed by atoms with E-state index in [0.717, 1.165) is 74.5 Å². The summed E-state index contributed by atoms with van der Waals surface area (Å²) in [5.41, 5.74) is 23.8. The smallest absolute Gasteiger partial charge is 0.243 e. The number of aromatic nitrogens is 5. The number of fused-ring (bicyclic) bond motifs is 1. The molecule has 9 rings (SSSR count). The van der Waals surface area contributed by atoms with E-state index in [1.165, 1.54) is 4.90 Å². The molecule has 3 amide bonds. The van der Waals surface area contributed by atoms with E-state index in [9.17, 15) is 24.3 Å². The number of nitrogen functional groups attached to an aromatic ring is 1. The zero-order chi connectivity index (χ0) is 61.3. The molecular formula is C66H82N10O10S. The Balaban J connectivity index is 0.593. The van der Waals surface area contributed by atoms with E-state index in [4.69, 9.17) is 45.1 Å². The van der Waals surface area contributed by atoms with E-state index in [1.807, 2.05) is 105 Å². The Morgan fingerprint density at radius 1 is 0.770 bits per heavy atom. The monoisotopic (exact) mass is 1210 g/mol. The number of aliphatic hydroxyl groups is 1. The third-order valence-electron chi connectivity index (χ3n) is 16.0. The highest BCUT2D eigenvalue weighted by atomic mass is 32.1. The largest absolute Gasteiger partial charge is 0.391 e. The number of ketones is 1. The van der Waals surface area contributed by atoms with Crippen LogP contribution in [0.1, 0.15) is 88.1 Å². The summed E-state index contributed by atoms with van der Waals surface area (Å²) in [5.74, 6) is -0.508. The van der Waals surface area contributed by atoms with Crippen molar-refractivity contribution in [2.75, 3.05) is 84.9 Å². The number of nitrogens with one attached hydrogen (secondary N) is 2. The third kappa shape index (κ3) is 17.3. The third-order valence-corrected chi connectivity index (χ3v) is 17.0. The molecule has 20 nitrogen and oxygen atoms in total. The van der Waals surface area contributed by atoms with E-state index < -0.39 is 23.5 Å². The van der Waals surface area contributed by atoms with Crippen LogP contribution in [0.15, 0.2) is 109 Å². The van der Waals surface area contributed by atoms with Gasteiger partial charge in [-0.15, -0.1) is 11.3 Å². The number of aryl methyl sites for hydroxylation is 2. The number of aliphatic hydroxyl groups excluding tert-OH is 1. The van der Waals surface area contributed by atoms with Crippen LogP contribution in [0, 0.1) is 18.3 Å². The van der Waals surface area contributed by atoms with E-state index in [2.05, 4.69) is 50.9 Å². The van der Waals surface area contributed by atoms with Gasteiger partial charge in [-0.25, -0.2) is 19.9 Å². The molecule has 3 atom stereocenters. The lowest BCUT2D eigenvalue weighted by atomic mass is 9.73. The number of pyridine rings is 2. The number of thiazole rings is 1. The molecule has 4 aromatic heterocycles. The van der Waals surface area contributed by atoms with E-state index in [0.29, 0.717) is 102 Å². The van der Waals surface area contributed by atoms with Crippen LogP contribution in [-0.2, 0) is 61.4 Å². The van der Waals surface area contributed by atoms with E-state index >= 15 is 0 Å². The average molecular weight is 1210 g/mol. The van der Waals surface area contributed by atoms with Crippen molar-refractivity contribution < 1.29 is 48.0 Å². The molecule has 7 N–H and O–H groups in total. The fourth-order valence-electron chi connectivity index (χ4n) is 10.9. The zero-order valence-corrected chi connectivity index (χ0v) is 51.2. The number of carbonyl (C=O) groups excluding carboxylic acids is 4. The number of rotatable bonds is 32. The first-order valence-electron chi connectivity index (χ1n) is 30.1. The summed E-state index contributed by atoms with van der Waals surface area (Å²) in [6.07, 6.45) is 5.03. The minimum Gasteiger partial charge on any atom is -0.391 e. The Morgan fingerprint density at radius 3 is 2.10 bits per heavy atom. The number of nitrogens with two attached hydrogens (primary N) is 2. The molecule has 5 heterocycles. The van der Waals surface area contributed by atoms with Gasteiger partial charge in [-0.2, -0.15) is 0 Å². The van der Waals surface area contributed by atoms with Gasteiger partial charge >= 0.3 is 0 Å². The minimum absolute atomic E-state index is 0.00232. The molecule has 462 valence electrons. The van der Waals surface area contributed by atoms with Crippen molar-refractivity contribution in [3.63, 3.8) is 0 Å². The molecular weight excluding hydrogens is 1120 g/mol. The second-order valence-corrected chi connectivity index (χ2v) is 24.3. The Labute approximate surface area is 512 Å². The first-order valence-corrected chi connectivity index (χ1v) is 30.9. The van der Waals surface area contributed by atoms with Crippen LogP contribution in [0.25, 0.3) is 49.9 Å². The predicted octanol–water partition coefficient (Wildman–Crippen LogP) is 7.92. The van der Waals surface area contributed by atoms with Crippen molar-refractivity contribution in [2.45, 2.75) is 103 Å². The van der Waals surface area contributed by atoms with Crippen LogP contribution in [-0.4, -0.2) is 149 Å². The van der Waals surface area contributed by atoms with Crippen LogP contribution in [0.5, 0.6) is 0 Å². The molecule has 1 aliphatic carbocycles. The number of Topliss-reactive ketones (excluding diaryl/α,β-unsaturated/α-hetero) is 1. The van der Waals surface area contributed by atoms with Gasteiger partial charge in [0.25, 0.3) is 0 Å². The first kappa shape index (κ1) is 64.1. The van der Waals surface area contributed by atoms with Crippen molar-refractivity contribution in [3.05, 3.63) is 131 Å². The molecule has 1 saturated carbocycles. The number of benzene rings is 3. The van der Waals surface area contributed by atoms with E-state index in [1.54, 1.807) is 17.5 Å². The summed E-state index contributed by atoms with van der Waals surface area (Å²) in [6.45, 7) is 11.8. The lowest BCUT2D eigenvalue weighted by Gasteiger charge is -2.38. The summed E-state index contributed by atoms with van der Waals surface area (Å²) in [5, 5.41) is 16.5. The van der Waals surface area contributed by atoms with Crippen LogP contribution < -0.4 is 22.1 Å². The highest BCUT2D eigenvalue weighted by Crippen LogP contribution is 2.40. The molecule has 0 spiro atoms. The number of nitrogens with zero attached hydrogens (tertiary/aromatic N) is 6. The van der Waals surface area contributed by atoms with Gasteiger partial charge in [0.2, 0.25) is 17.7 Å². The number of hydrogen-bond acceptors (Lipinski definition) is 17. The van der Waals surface area contributed by atoms with Gasteiger partial charge in [0.15, 0.2) is 11.5 Å². The van der Waals surface area contributed by atoms with Crippen molar-refractivity contribution in [1.82, 2.24) is 40.0 Å². The van der Waals surface area contributed by atoms with Crippen molar-refractivity contribution in [2.24, 2.45) is 17.1 Å². The fraction of sp³-hybridized carbons (Fsp3) is 0.455. The molecule has 1 aliphatic heterocycles. The normalized spacial score (nSPS) is 16.0. The highest BCUT2D eigenvalue weighted by molar-refractivity contribution is 7.13. The number of likely N-dealkylation sites (tertiary alicyclic amines) is 1. The summed E-state index contributed by atoms with van der Waals surface area (Å²) >= 11 is 1.58. The molecule has 1 saturated heterocycles. The zero-order valence-electron chi connectivity index (χ0n) is 50.3. The second-order valence-electron chi connectivity index (χ2n) is 23.4. The Bertz CT molecular complexity index is 3420. The van der Waals surface area contributed by atoms with Crippen LogP contribution in [0.4, 0.5) is 5.82 Å². The SMILES string of the molecule is Cc1ncsc1-c1ccc(CNC(=O)[C@@H]2C[C@@H](O)CN2C(=O)[C@@H](CC(=O)CCOCCOCCOCCOCCOCCNC(=O)CCc2cccc(-c3ccc4nc(-c5cccnc5N)n(-c5ccc(C6(N)CCC6)cc5)c4n3)c2)C(C)(C)C)cc1. The van der Waals surface area contributed by atoms with E-state index in [-0.39, 0.29) is 68.0 Å². The van der Waals surface area contributed by atoms with Crippen molar-refractivity contribution in [1.29, 1.82) is 0 Å². The fourth-order valence-corrected chi connectivity index (χ4v) is 11.7. The molecule has 2 aliphatic rings. The number of hydrogen-bond donors (Lipinski definition) is 5. The number of amides is 3. The number of β-amino-alcohol motifs (C(OH)–C–C–N with tert-alkyl or cyclic N) is 1. The average Bonchev–Trinajstić information content (AvgIpc) is 1.83. The summed E-state index contributed by atoms with van der Waals surface area (Å²) in [6, 6.07) is 31.2. The summed E-state index contributed by atoms with van der Waals surface area (Å²) in [7, 11) is 0. The van der Waals surface area contributed by atoms with Gasteiger partial charge in [0, 0.05) is 74.2 Å². The van der Waals surface area contributed by atoms with Gasteiger partial charge < -0.3 is 55.8 Å². The number of imidazole rings is 1. The second kappa shape index (κ2) is 30.5. The summed E-state index contributed by atoms with van der Waals surface area (Å²) < 4.78 is 30.2. The van der Waals surface area contributed by atoms with Gasteiger partial charge in [0.1, 0.15) is 23.2 Å². The topological polar surface area (TPSA) is 270 Å². The highest BCUT2D eigenvalue weighted by Gasteiger charge is 2.44. The predicted molar refractivity (Wildman–Crippen MR) is 335 cm³/mol. The van der Waals surface area contributed by atoms with Crippen LogP contribution in [0.2, 0.25) is 0 Å². The minimum atomic E-state index is -0.843. The summed E-state index contributed by atoms with van der Waals surface area (Å²) in [4.78, 5) is 74.8. The molecule has 0 bridgehead atoms. The van der Waals surface area contributed by atoms with Gasteiger partial charge in [-0.1, -0.05) is 75.4 Å². The first-order chi connectivity index (χ1) is 42.0. The maximum atomic E-state index is 14.0. The van der Waals surface area contributed by atoms with Crippen LogP contribution >= 0.6 is 11.3 Å². The molecule has 0 unspecified atom stereocenters. The molecule has 21 heteroatoms. The Morgan fingerprint density at radius 2 is 1.46 bits per heavy atom. The standard InChI is InChI=1S/C66H82N10O10S/c1-44-59(87-43-72-44)47-14-11-46(12-15-47)41-71-63(80)57-40-52(78)42-75(57)64(81)54(65(2,3)4)39-51(77)23-28-82-30-32-84-34-36-86-37-35-85-33-31-83-29-27-69-58(79)22-13-45-8-5-9-48(38-45)55-20-21-56-62(73-55)76(61(74-56)53-10-6-26-70-60(53)67)50-18-16-49(17-19-50)66(68)24-7-25-66/h5-6,8-12,14-21,26,38,43,52,54,57,78H,7,13,22-25,27-37,39-42,68H2,1-4H3,(H2,67,70)(H,69,79)(H,71,80)/t52-,54-,57+/m1/s1. The lowest BCUT2D eigenvalue weighted by Crippen LogP contribution is -2.50. The van der Waals surface area contributed by atoms with Gasteiger partial charge in [0.05, 0.1) is 99.5 Å². The van der Waals surface area contributed by atoms with Gasteiger partial charge in [-0.05, 0) is 103 Å². The quantitative estimate of drug-likeness (QED) is 0.0251. The Kier molecular flexibility index (Phi) is 22.5. The van der Waals surface area contributed by atoms with Crippen molar-refractivity contribution >= 4 is 51.8 Å². The lowest BCUT2D eigenvalue weighted by molar-refractivity contribution is -0.146.